The lowest BCUT2D eigenvalue weighted by Crippen LogP contribution is -2.38. The number of aromatic nitrogens is 1. The van der Waals surface area contributed by atoms with E-state index in [1.807, 2.05) is 18.2 Å². The SMILES string of the molecule is CCOC(=O)c1cc(C#N)c(=S)n2c1NCN(Cc1ccco1)C2. The lowest BCUT2D eigenvalue weighted by molar-refractivity contribution is 0.0525. The maximum absolute atomic E-state index is 12.2. The molecule has 1 aliphatic rings. The van der Waals surface area contributed by atoms with Crippen LogP contribution in [0.15, 0.2) is 28.9 Å². The van der Waals surface area contributed by atoms with E-state index < -0.39 is 5.97 Å². The molecule has 8 heteroatoms. The number of fused-ring (bicyclic) bond motifs is 1. The molecule has 0 atom stereocenters. The Morgan fingerprint density at radius 3 is 3.08 bits per heavy atom. The molecule has 124 valence electrons. The molecule has 2 aromatic heterocycles. The second-order valence-corrected chi connectivity index (χ2v) is 5.66. The fraction of sp³-hybridized carbons (Fsp3) is 0.312. The van der Waals surface area contributed by atoms with Crippen LogP contribution in [0.4, 0.5) is 5.82 Å². The zero-order valence-electron chi connectivity index (χ0n) is 13.1. The second kappa shape index (κ2) is 6.86. The van der Waals surface area contributed by atoms with E-state index in [0.29, 0.717) is 35.9 Å². The van der Waals surface area contributed by atoms with Gasteiger partial charge in [-0.2, -0.15) is 5.26 Å². The number of nitrogens with one attached hydrogen (secondary N) is 1. The van der Waals surface area contributed by atoms with E-state index >= 15 is 0 Å². The maximum atomic E-state index is 12.2. The number of anilines is 1. The van der Waals surface area contributed by atoms with Crippen LogP contribution in [-0.4, -0.2) is 28.7 Å². The van der Waals surface area contributed by atoms with Crippen LogP contribution in [0.25, 0.3) is 0 Å². The van der Waals surface area contributed by atoms with Crippen molar-refractivity contribution in [2.24, 2.45) is 0 Å². The molecule has 0 aromatic carbocycles. The first-order valence-electron chi connectivity index (χ1n) is 7.47. The van der Waals surface area contributed by atoms with Crippen molar-refractivity contribution >= 4 is 24.0 Å². The molecule has 1 N–H and O–H groups in total. The van der Waals surface area contributed by atoms with Crippen LogP contribution in [0.1, 0.15) is 28.6 Å². The quantitative estimate of drug-likeness (QED) is 0.674. The summed E-state index contributed by atoms with van der Waals surface area (Å²) in [5, 5.41) is 12.5. The van der Waals surface area contributed by atoms with Crippen LogP contribution in [0, 0.1) is 16.0 Å². The number of nitriles is 1. The number of esters is 1. The van der Waals surface area contributed by atoms with E-state index in [-0.39, 0.29) is 12.2 Å². The van der Waals surface area contributed by atoms with Gasteiger partial charge in [0.15, 0.2) is 0 Å². The summed E-state index contributed by atoms with van der Waals surface area (Å²) in [6.45, 7) is 3.56. The van der Waals surface area contributed by atoms with E-state index in [1.165, 1.54) is 6.07 Å². The Bertz CT molecular complexity index is 851. The molecule has 1 aliphatic heterocycles. The molecule has 0 bridgehead atoms. The number of furan rings is 1. The molecular weight excluding hydrogens is 328 g/mol. The van der Waals surface area contributed by atoms with E-state index in [4.69, 9.17) is 21.4 Å². The monoisotopic (exact) mass is 344 g/mol. The second-order valence-electron chi connectivity index (χ2n) is 5.27. The topological polar surface area (TPSA) is 83.4 Å². The molecule has 0 unspecified atom stereocenters. The third-order valence-corrected chi connectivity index (χ3v) is 4.12. The molecule has 0 saturated heterocycles. The van der Waals surface area contributed by atoms with Gasteiger partial charge in [-0.3, -0.25) is 4.90 Å². The summed E-state index contributed by atoms with van der Waals surface area (Å²) in [4.78, 5) is 14.2. The maximum Gasteiger partial charge on any atom is 0.341 e. The van der Waals surface area contributed by atoms with Gasteiger partial charge in [-0.1, -0.05) is 12.2 Å². The molecule has 0 spiro atoms. The van der Waals surface area contributed by atoms with Crippen LogP contribution in [0.3, 0.4) is 0 Å². The van der Waals surface area contributed by atoms with Gasteiger partial charge in [0.2, 0.25) is 0 Å². The van der Waals surface area contributed by atoms with Gasteiger partial charge in [0.05, 0.1) is 38.3 Å². The van der Waals surface area contributed by atoms with Gasteiger partial charge in [-0.15, -0.1) is 0 Å². The van der Waals surface area contributed by atoms with Crippen LogP contribution in [0.5, 0.6) is 0 Å². The van der Waals surface area contributed by atoms with Crippen LogP contribution in [-0.2, 0) is 18.0 Å². The Labute approximate surface area is 144 Å². The van der Waals surface area contributed by atoms with Crippen LogP contribution < -0.4 is 5.32 Å². The van der Waals surface area contributed by atoms with Gasteiger partial charge in [0.25, 0.3) is 0 Å². The number of hydrogen-bond acceptors (Lipinski definition) is 7. The Kier molecular flexibility index (Phi) is 4.64. The van der Waals surface area contributed by atoms with Crippen LogP contribution in [0.2, 0.25) is 0 Å². The lowest BCUT2D eigenvalue weighted by atomic mass is 10.1. The number of hydrogen-bond donors (Lipinski definition) is 1. The number of nitrogens with zero attached hydrogens (tertiary/aromatic N) is 3. The minimum absolute atomic E-state index is 0.264. The van der Waals surface area contributed by atoms with Crippen molar-refractivity contribution in [3.63, 3.8) is 0 Å². The predicted octanol–water partition coefficient (Wildman–Crippen LogP) is 2.70. The Balaban J connectivity index is 1.97. The van der Waals surface area contributed by atoms with Gasteiger partial charge in [0.1, 0.15) is 27.9 Å². The lowest BCUT2D eigenvalue weighted by Gasteiger charge is -2.32. The fourth-order valence-corrected chi connectivity index (χ4v) is 2.86. The summed E-state index contributed by atoms with van der Waals surface area (Å²) in [5.74, 6) is 0.932. The van der Waals surface area contributed by atoms with Crippen molar-refractivity contribution in [2.45, 2.75) is 20.1 Å². The average molecular weight is 344 g/mol. The summed E-state index contributed by atoms with van der Waals surface area (Å²) in [5.41, 5.74) is 0.595. The van der Waals surface area contributed by atoms with E-state index in [9.17, 15) is 10.1 Å². The molecular formula is C16H16N4O3S. The number of carbonyl (C=O) groups is 1. The molecule has 2 aromatic rings. The smallest absolute Gasteiger partial charge is 0.341 e. The summed E-state index contributed by atoms with van der Waals surface area (Å²) in [6, 6.07) is 7.26. The van der Waals surface area contributed by atoms with Gasteiger partial charge >= 0.3 is 5.97 Å². The summed E-state index contributed by atoms with van der Waals surface area (Å²) in [6.07, 6.45) is 1.62. The first-order valence-corrected chi connectivity index (χ1v) is 7.88. The molecule has 0 saturated carbocycles. The number of pyridine rings is 1. The summed E-state index contributed by atoms with van der Waals surface area (Å²) in [7, 11) is 0. The van der Waals surface area contributed by atoms with Gasteiger partial charge in [0, 0.05) is 0 Å². The van der Waals surface area contributed by atoms with Crippen molar-refractivity contribution in [1.29, 1.82) is 5.26 Å². The standard InChI is InChI=1S/C16H16N4O3S/c1-2-22-16(21)13-6-11(7-17)15(24)20-10-19(9-18-14(13)20)8-12-4-3-5-23-12/h3-6,18H,2,8-10H2,1H3. The molecule has 0 radical (unpaired) electrons. The van der Waals surface area contributed by atoms with Crippen LogP contribution >= 0.6 is 12.2 Å². The molecule has 3 heterocycles. The number of rotatable bonds is 4. The highest BCUT2D eigenvalue weighted by atomic mass is 32.1. The minimum atomic E-state index is -0.472. The molecule has 0 amide bonds. The molecule has 3 rings (SSSR count). The van der Waals surface area contributed by atoms with Crippen molar-refractivity contribution < 1.29 is 13.9 Å². The van der Waals surface area contributed by atoms with E-state index in [2.05, 4.69) is 10.2 Å². The zero-order valence-corrected chi connectivity index (χ0v) is 13.9. The molecule has 0 fully saturated rings. The van der Waals surface area contributed by atoms with Gasteiger partial charge < -0.3 is 19.0 Å². The van der Waals surface area contributed by atoms with Crippen molar-refractivity contribution in [3.8, 4) is 6.07 Å². The third kappa shape index (κ3) is 3.04. The Hall–Kier alpha value is -2.63. The first kappa shape index (κ1) is 16.2. The predicted molar refractivity (Wildman–Crippen MR) is 88.7 cm³/mol. The highest BCUT2D eigenvalue weighted by Crippen LogP contribution is 2.25. The van der Waals surface area contributed by atoms with E-state index in [1.54, 1.807) is 17.8 Å². The summed E-state index contributed by atoms with van der Waals surface area (Å²) >= 11 is 5.39. The van der Waals surface area contributed by atoms with Gasteiger partial charge in [-0.05, 0) is 25.1 Å². The van der Waals surface area contributed by atoms with E-state index in [0.717, 1.165) is 5.76 Å². The average Bonchev–Trinajstić information content (AvgIpc) is 3.09. The molecule has 24 heavy (non-hydrogen) atoms. The third-order valence-electron chi connectivity index (χ3n) is 3.68. The Morgan fingerprint density at radius 2 is 2.42 bits per heavy atom. The number of ether oxygens (including phenoxy) is 1. The number of carbonyl (C=O) groups excluding carboxylic acids is 1. The van der Waals surface area contributed by atoms with Gasteiger partial charge in [-0.25, -0.2) is 4.79 Å². The highest BCUT2D eigenvalue weighted by molar-refractivity contribution is 7.71. The minimum Gasteiger partial charge on any atom is -0.468 e. The highest BCUT2D eigenvalue weighted by Gasteiger charge is 2.24. The normalized spacial score (nSPS) is 13.7. The Morgan fingerprint density at radius 1 is 1.58 bits per heavy atom. The molecule has 0 aliphatic carbocycles. The summed E-state index contributed by atoms with van der Waals surface area (Å²) < 4.78 is 12.6. The van der Waals surface area contributed by atoms with Crippen molar-refractivity contribution in [2.75, 3.05) is 18.6 Å². The largest absolute Gasteiger partial charge is 0.468 e. The zero-order chi connectivity index (χ0) is 17.1. The molecule has 7 nitrogen and oxygen atoms in total. The fourth-order valence-electron chi connectivity index (χ4n) is 2.60. The van der Waals surface area contributed by atoms with Crippen molar-refractivity contribution in [3.05, 3.63) is 46.0 Å². The van der Waals surface area contributed by atoms with Crippen molar-refractivity contribution in [1.82, 2.24) is 9.47 Å². The first-order chi connectivity index (χ1) is 11.6.